The molecule has 0 atom stereocenters. The highest BCUT2D eigenvalue weighted by atomic mass is 16.7. The number of hydrogen-bond acceptors (Lipinski definition) is 12. The van der Waals surface area contributed by atoms with Gasteiger partial charge in [0.05, 0.1) is 15.9 Å². The van der Waals surface area contributed by atoms with Crippen molar-refractivity contribution in [1.82, 2.24) is 30.6 Å². The van der Waals surface area contributed by atoms with Gasteiger partial charge in [-0.25, -0.2) is 10.6 Å². The SMILES string of the molecule is O=[N+]([O-])[N-]c1nonc1NNc1nnn([N+](=O)[O-])n1. The summed E-state index contributed by atoms with van der Waals surface area (Å²) in [4.78, 5) is 20.5. The first kappa shape index (κ1) is 11.9. The van der Waals surface area contributed by atoms with E-state index in [1.165, 1.54) is 0 Å². The number of aromatic nitrogens is 6. The van der Waals surface area contributed by atoms with E-state index in [4.69, 9.17) is 0 Å². The van der Waals surface area contributed by atoms with Gasteiger partial charge in [0.15, 0.2) is 10.7 Å². The summed E-state index contributed by atoms with van der Waals surface area (Å²) in [7, 11) is 0. The van der Waals surface area contributed by atoms with Crippen molar-refractivity contribution in [3.8, 4) is 0 Å². The summed E-state index contributed by atoms with van der Waals surface area (Å²) in [6.07, 6.45) is 0. The quantitative estimate of drug-likeness (QED) is 0.465. The summed E-state index contributed by atoms with van der Waals surface area (Å²) in [5.74, 6) is -0.972. The minimum atomic E-state index is -1.01. The van der Waals surface area contributed by atoms with Gasteiger partial charge in [-0.05, 0) is 0 Å². The molecule has 2 rings (SSSR count). The molecule has 0 aliphatic carbocycles. The zero-order valence-corrected chi connectivity index (χ0v) is 8.57. The fourth-order valence-electron chi connectivity index (χ4n) is 0.847. The fourth-order valence-corrected chi connectivity index (χ4v) is 0.847. The van der Waals surface area contributed by atoms with Crippen molar-refractivity contribution in [2.24, 2.45) is 0 Å². The van der Waals surface area contributed by atoms with Crippen LogP contribution in [0.2, 0.25) is 0 Å². The molecular formula is C3H2N11O5-. The van der Waals surface area contributed by atoms with Gasteiger partial charge in [0.2, 0.25) is 0 Å². The highest BCUT2D eigenvalue weighted by Crippen LogP contribution is 2.23. The standard InChI is InChI=1S/C3H2N11O5/c15-13(16)7-2-1(9-19-10-2)4-5-3-6-11-12(8-3)14(17)18/h(H2-,4,5,7,8,9,10)/q-1. The molecular weight excluding hydrogens is 270 g/mol. The van der Waals surface area contributed by atoms with E-state index in [1.807, 2.05) is 0 Å². The Hall–Kier alpha value is -3.59. The molecule has 0 bridgehead atoms. The lowest BCUT2D eigenvalue weighted by Crippen LogP contribution is -2.14. The second-order valence-electron chi connectivity index (χ2n) is 2.64. The third kappa shape index (κ3) is 2.75. The second kappa shape index (κ2) is 4.73. The van der Waals surface area contributed by atoms with Gasteiger partial charge in [0.1, 0.15) is 5.21 Å². The third-order valence-corrected chi connectivity index (χ3v) is 1.49. The topological polar surface area (TPSA) is 207 Å². The van der Waals surface area contributed by atoms with Crippen molar-refractivity contribution in [3.63, 3.8) is 0 Å². The fraction of sp³-hybridized carbons (Fsp3) is 0. The molecule has 19 heavy (non-hydrogen) atoms. The van der Waals surface area contributed by atoms with Crippen molar-refractivity contribution in [3.05, 3.63) is 25.7 Å². The number of nitro groups is 2. The maximum absolute atomic E-state index is 10.3. The van der Waals surface area contributed by atoms with Crippen LogP contribution in [0.4, 0.5) is 17.6 Å². The molecule has 16 nitrogen and oxygen atoms in total. The van der Waals surface area contributed by atoms with Crippen LogP contribution in [-0.2, 0) is 0 Å². The number of nitrogens with zero attached hydrogens (tertiary/aromatic N) is 9. The van der Waals surface area contributed by atoms with E-state index >= 15 is 0 Å². The molecule has 0 radical (unpaired) electrons. The Kier molecular flexibility index (Phi) is 2.96. The molecule has 16 heteroatoms. The second-order valence-corrected chi connectivity index (χ2v) is 2.64. The number of anilines is 2. The van der Waals surface area contributed by atoms with Gasteiger partial charge in [-0.15, -0.1) is 5.43 Å². The molecule has 0 spiro atoms. The van der Waals surface area contributed by atoms with E-state index in [0.717, 1.165) is 0 Å². The Balaban J connectivity index is 2.00. The van der Waals surface area contributed by atoms with E-state index in [-0.39, 0.29) is 16.7 Å². The normalized spacial score (nSPS) is 9.89. The highest BCUT2D eigenvalue weighted by Gasteiger charge is 2.13. The highest BCUT2D eigenvalue weighted by molar-refractivity contribution is 5.60. The Labute approximate surface area is 100 Å². The lowest BCUT2D eigenvalue weighted by atomic mass is 10.7. The number of hydrazine groups is 1. The summed E-state index contributed by atoms with van der Waals surface area (Å²) in [5, 5.41) is 34.4. The maximum Gasteiger partial charge on any atom is 0.380 e. The third-order valence-electron chi connectivity index (χ3n) is 1.49. The molecule has 100 valence electrons. The summed E-state index contributed by atoms with van der Waals surface area (Å²) in [6, 6.07) is 0. The van der Waals surface area contributed by atoms with Gasteiger partial charge in [-0.1, -0.05) is 5.16 Å². The van der Waals surface area contributed by atoms with Crippen LogP contribution in [0.3, 0.4) is 0 Å². The molecule has 0 unspecified atom stereocenters. The summed E-state index contributed by atoms with van der Waals surface area (Å²) < 4.78 is 4.21. The van der Waals surface area contributed by atoms with Crippen LogP contribution >= 0.6 is 0 Å². The number of hydrogen-bond donors (Lipinski definition) is 2. The lowest BCUT2D eigenvalue weighted by molar-refractivity contribution is -0.564. The summed E-state index contributed by atoms with van der Waals surface area (Å²) in [5.41, 5.74) is 7.33. The average molecular weight is 272 g/mol. The zero-order valence-electron chi connectivity index (χ0n) is 8.57. The number of tetrazole rings is 1. The zero-order chi connectivity index (χ0) is 13.8. The monoisotopic (exact) mass is 272 g/mol. The van der Waals surface area contributed by atoms with Crippen molar-refractivity contribution in [2.75, 3.05) is 10.9 Å². The molecule has 0 aliphatic heterocycles. The van der Waals surface area contributed by atoms with Crippen LogP contribution in [0.1, 0.15) is 0 Å². The number of rotatable bonds is 6. The molecule has 0 saturated heterocycles. The van der Waals surface area contributed by atoms with E-state index in [9.17, 15) is 20.2 Å². The van der Waals surface area contributed by atoms with Crippen LogP contribution in [0.25, 0.3) is 5.43 Å². The van der Waals surface area contributed by atoms with Gasteiger partial charge in [-0.3, -0.25) is 15.5 Å². The van der Waals surface area contributed by atoms with E-state index in [1.54, 1.807) is 0 Å². The lowest BCUT2D eigenvalue weighted by Gasteiger charge is -2.03. The Morgan fingerprint density at radius 1 is 1.26 bits per heavy atom. The molecule has 0 saturated carbocycles. The van der Waals surface area contributed by atoms with E-state index in [0.29, 0.717) is 0 Å². The van der Waals surface area contributed by atoms with Crippen LogP contribution in [0.15, 0.2) is 4.63 Å². The van der Waals surface area contributed by atoms with E-state index in [2.05, 4.69) is 46.6 Å². The van der Waals surface area contributed by atoms with Gasteiger partial charge in [0, 0.05) is 10.1 Å². The van der Waals surface area contributed by atoms with E-state index < -0.39 is 15.9 Å². The molecule has 0 amide bonds. The first-order valence-electron chi connectivity index (χ1n) is 4.21. The molecule has 0 aromatic carbocycles. The average Bonchev–Trinajstić information content (AvgIpc) is 2.94. The Morgan fingerprint density at radius 2 is 2.05 bits per heavy atom. The predicted molar refractivity (Wildman–Crippen MR) is 51.8 cm³/mol. The smallest absolute Gasteiger partial charge is 0.372 e. The van der Waals surface area contributed by atoms with Crippen molar-refractivity contribution < 1.29 is 14.7 Å². The molecule has 0 fully saturated rings. The molecule has 0 aliphatic rings. The van der Waals surface area contributed by atoms with Crippen LogP contribution in [0.5, 0.6) is 0 Å². The first-order chi connectivity index (χ1) is 9.06. The van der Waals surface area contributed by atoms with Gasteiger partial charge in [0.25, 0.3) is 0 Å². The molecule has 2 heterocycles. The van der Waals surface area contributed by atoms with Gasteiger partial charge < -0.3 is 14.7 Å². The van der Waals surface area contributed by atoms with Gasteiger partial charge in [-0.2, -0.15) is 0 Å². The van der Waals surface area contributed by atoms with Crippen molar-refractivity contribution >= 4 is 17.6 Å². The summed E-state index contributed by atoms with van der Waals surface area (Å²) >= 11 is 0. The van der Waals surface area contributed by atoms with Gasteiger partial charge >= 0.3 is 5.95 Å². The maximum atomic E-state index is 10.3. The first-order valence-corrected chi connectivity index (χ1v) is 4.21. The van der Waals surface area contributed by atoms with Crippen LogP contribution in [-0.4, -0.2) is 40.7 Å². The Morgan fingerprint density at radius 3 is 2.68 bits per heavy atom. The molecule has 2 aromatic heterocycles. The molecule has 2 N–H and O–H groups in total. The largest absolute Gasteiger partial charge is 0.380 e. The predicted octanol–water partition coefficient (Wildman–Crippen LogP) is -1.27. The minimum Gasteiger partial charge on any atom is -0.372 e. The van der Waals surface area contributed by atoms with Crippen molar-refractivity contribution in [2.45, 2.75) is 0 Å². The number of nitrogens with one attached hydrogen (secondary N) is 2. The van der Waals surface area contributed by atoms with Crippen molar-refractivity contribution in [1.29, 1.82) is 0 Å². The van der Waals surface area contributed by atoms with Crippen LogP contribution in [0, 0.1) is 20.2 Å². The van der Waals surface area contributed by atoms with Crippen LogP contribution < -0.4 is 10.9 Å². The molecule has 2 aromatic rings. The Bertz CT molecular complexity index is 601. The summed E-state index contributed by atoms with van der Waals surface area (Å²) in [6.45, 7) is 0. The minimum absolute atomic E-state index is 0.105.